The molecule has 0 saturated heterocycles. The van der Waals surface area contributed by atoms with Crippen LogP contribution in [-0.4, -0.2) is 24.5 Å². The molecule has 17 heavy (non-hydrogen) atoms. The average molecular weight is 241 g/mol. The molecule has 1 rings (SSSR count). The Morgan fingerprint density at radius 2 is 1.88 bits per heavy atom. The fraction of sp³-hybridized carbons (Fsp3) is 0.923. The molecule has 0 atom stereocenters. The molecular formula is C13H27N3O. The number of hydrogen-bond acceptors (Lipinski definition) is 3. The van der Waals surface area contributed by atoms with Crippen LogP contribution in [0.3, 0.4) is 0 Å². The van der Waals surface area contributed by atoms with E-state index in [-0.39, 0.29) is 16.9 Å². The van der Waals surface area contributed by atoms with Crippen molar-refractivity contribution in [2.24, 2.45) is 16.9 Å². The minimum absolute atomic E-state index is 0.0427. The molecule has 1 aliphatic rings. The van der Waals surface area contributed by atoms with Crippen molar-refractivity contribution in [2.75, 3.05) is 13.1 Å². The van der Waals surface area contributed by atoms with Gasteiger partial charge >= 0.3 is 0 Å². The third-order valence-electron chi connectivity index (χ3n) is 3.62. The summed E-state index contributed by atoms with van der Waals surface area (Å²) in [5, 5.41) is 2.91. The monoisotopic (exact) mass is 241 g/mol. The number of nitrogens with one attached hydrogen (secondary N) is 1. The maximum atomic E-state index is 11.9. The van der Waals surface area contributed by atoms with E-state index in [1.54, 1.807) is 0 Å². The van der Waals surface area contributed by atoms with Crippen molar-refractivity contribution in [2.45, 2.75) is 57.9 Å². The summed E-state index contributed by atoms with van der Waals surface area (Å²) in [5.74, 6) is 0.0934. The quantitative estimate of drug-likeness (QED) is 0.675. The first-order valence-corrected chi connectivity index (χ1v) is 6.63. The molecular weight excluding hydrogens is 214 g/mol. The summed E-state index contributed by atoms with van der Waals surface area (Å²) in [6.45, 7) is 4.96. The number of amides is 1. The van der Waals surface area contributed by atoms with Gasteiger partial charge in [0.05, 0.1) is 0 Å². The molecule has 0 unspecified atom stereocenters. The van der Waals surface area contributed by atoms with Crippen LogP contribution in [0.15, 0.2) is 0 Å². The first-order chi connectivity index (χ1) is 7.87. The van der Waals surface area contributed by atoms with Gasteiger partial charge in [-0.05, 0) is 38.6 Å². The van der Waals surface area contributed by atoms with E-state index in [0.29, 0.717) is 19.5 Å². The number of carbonyl (C=O) groups is 1. The van der Waals surface area contributed by atoms with Crippen molar-refractivity contribution in [3.8, 4) is 0 Å². The van der Waals surface area contributed by atoms with Crippen LogP contribution in [0.25, 0.3) is 0 Å². The highest BCUT2D eigenvalue weighted by atomic mass is 16.1. The molecule has 0 aliphatic heterocycles. The number of nitrogens with two attached hydrogens (primary N) is 2. The number of hydrogen-bond donors (Lipinski definition) is 3. The Morgan fingerprint density at radius 1 is 1.29 bits per heavy atom. The van der Waals surface area contributed by atoms with Crippen molar-refractivity contribution in [3.63, 3.8) is 0 Å². The molecule has 0 aromatic carbocycles. The Morgan fingerprint density at radius 3 is 2.35 bits per heavy atom. The number of rotatable bonds is 5. The summed E-state index contributed by atoms with van der Waals surface area (Å²) < 4.78 is 0. The lowest BCUT2D eigenvalue weighted by Crippen LogP contribution is -2.47. The Kier molecular flexibility index (Phi) is 4.95. The van der Waals surface area contributed by atoms with Gasteiger partial charge in [-0.1, -0.05) is 19.3 Å². The third-order valence-corrected chi connectivity index (χ3v) is 3.62. The van der Waals surface area contributed by atoms with Crippen molar-refractivity contribution in [1.29, 1.82) is 0 Å². The lowest BCUT2D eigenvalue weighted by Gasteiger charge is -2.36. The van der Waals surface area contributed by atoms with Crippen molar-refractivity contribution < 1.29 is 4.79 Å². The Bertz CT molecular complexity index is 252. The van der Waals surface area contributed by atoms with E-state index in [2.05, 4.69) is 5.32 Å². The largest absolute Gasteiger partial charge is 0.354 e. The second-order valence-electron chi connectivity index (χ2n) is 6.21. The highest BCUT2D eigenvalue weighted by Gasteiger charge is 2.33. The first-order valence-electron chi connectivity index (χ1n) is 6.63. The van der Waals surface area contributed by atoms with E-state index in [4.69, 9.17) is 11.5 Å². The van der Waals surface area contributed by atoms with Crippen LogP contribution in [0, 0.1) is 5.41 Å². The van der Waals surface area contributed by atoms with Crippen LogP contribution >= 0.6 is 0 Å². The van der Waals surface area contributed by atoms with Crippen LogP contribution in [0.1, 0.15) is 52.4 Å². The molecule has 0 aromatic heterocycles. The average Bonchev–Trinajstić information content (AvgIpc) is 2.27. The third kappa shape index (κ3) is 5.04. The predicted molar refractivity (Wildman–Crippen MR) is 70.5 cm³/mol. The van der Waals surface area contributed by atoms with Gasteiger partial charge in [0.25, 0.3) is 0 Å². The predicted octanol–water partition coefficient (Wildman–Crippen LogP) is 1.14. The fourth-order valence-corrected chi connectivity index (χ4v) is 2.48. The Balaban J connectivity index is 2.42. The van der Waals surface area contributed by atoms with Crippen molar-refractivity contribution >= 4 is 5.91 Å². The molecule has 1 saturated carbocycles. The normalized spacial score (nSPS) is 20.0. The zero-order chi connectivity index (χ0) is 12.9. The standard InChI is InChI=1S/C13H27N3O/c1-12(2,15)10-16-11(17)8-13(9-14)6-4-3-5-7-13/h3-10,14-15H2,1-2H3,(H,16,17). The smallest absolute Gasteiger partial charge is 0.220 e. The topological polar surface area (TPSA) is 81.1 Å². The van der Waals surface area contributed by atoms with Gasteiger partial charge in [-0.3, -0.25) is 4.79 Å². The molecule has 0 bridgehead atoms. The molecule has 4 nitrogen and oxygen atoms in total. The molecule has 0 spiro atoms. The zero-order valence-electron chi connectivity index (χ0n) is 11.2. The summed E-state index contributed by atoms with van der Waals surface area (Å²) in [4.78, 5) is 11.9. The maximum absolute atomic E-state index is 11.9. The molecule has 0 radical (unpaired) electrons. The molecule has 1 amide bonds. The van der Waals surface area contributed by atoms with Crippen LogP contribution < -0.4 is 16.8 Å². The minimum atomic E-state index is -0.349. The van der Waals surface area contributed by atoms with E-state index in [1.807, 2.05) is 13.8 Å². The van der Waals surface area contributed by atoms with Gasteiger partial charge in [0.2, 0.25) is 5.91 Å². The van der Waals surface area contributed by atoms with Crippen LogP contribution in [0.4, 0.5) is 0 Å². The lowest BCUT2D eigenvalue weighted by molar-refractivity contribution is -0.124. The van der Waals surface area contributed by atoms with Crippen LogP contribution in [0.2, 0.25) is 0 Å². The Labute approximate surface area is 105 Å². The van der Waals surface area contributed by atoms with Crippen molar-refractivity contribution in [3.05, 3.63) is 0 Å². The highest BCUT2D eigenvalue weighted by Crippen LogP contribution is 2.38. The van der Waals surface area contributed by atoms with Crippen LogP contribution in [-0.2, 0) is 4.79 Å². The molecule has 4 heteroatoms. The summed E-state index contributed by atoms with van der Waals surface area (Å²) in [5.41, 5.74) is 11.4. The summed E-state index contributed by atoms with van der Waals surface area (Å²) in [7, 11) is 0. The molecule has 1 fully saturated rings. The van der Waals surface area contributed by atoms with Gasteiger partial charge in [0.1, 0.15) is 0 Å². The number of carbonyl (C=O) groups excluding carboxylic acids is 1. The fourth-order valence-electron chi connectivity index (χ4n) is 2.48. The first kappa shape index (κ1) is 14.5. The Hall–Kier alpha value is -0.610. The summed E-state index contributed by atoms with van der Waals surface area (Å²) in [6, 6.07) is 0. The second-order valence-corrected chi connectivity index (χ2v) is 6.21. The van der Waals surface area contributed by atoms with E-state index in [0.717, 1.165) is 12.8 Å². The van der Waals surface area contributed by atoms with Gasteiger partial charge in [0, 0.05) is 18.5 Å². The minimum Gasteiger partial charge on any atom is -0.354 e. The lowest BCUT2D eigenvalue weighted by atomic mass is 9.71. The zero-order valence-corrected chi connectivity index (χ0v) is 11.2. The summed E-state index contributed by atoms with van der Waals surface area (Å²) in [6.07, 6.45) is 6.41. The van der Waals surface area contributed by atoms with E-state index < -0.39 is 0 Å². The van der Waals surface area contributed by atoms with E-state index in [9.17, 15) is 4.79 Å². The van der Waals surface area contributed by atoms with Crippen LogP contribution in [0.5, 0.6) is 0 Å². The molecule has 0 heterocycles. The molecule has 0 aromatic rings. The van der Waals surface area contributed by atoms with Gasteiger partial charge in [-0.25, -0.2) is 0 Å². The summed E-state index contributed by atoms with van der Waals surface area (Å²) >= 11 is 0. The van der Waals surface area contributed by atoms with Crippen molar-refractivity contribution in [1.82, 2.24) is 5.32 Å². The second kappa shape index (κ2) is 5.83. The van der Waals surface area contributed by atoms with Gasteiger partial charge in [-0.15, -0.1) is 0 Å². The van der Waals surface area contributed by atoms with E-state index >= 15 is 0 Å². The molecule has 5 N–H and O–H groups in total. The van der Waals surface area contributed by atoms with E-state index in [1.165, 1.54) is 19.3 Å². The van der Waals surface area contributed by atoms with Gasteiger partial charge < -0.3 is 16.8 Å². The van der Waals surface area contributed by atoms with Gasteiger partial charge in [0.15, 0.2) is 0 Å². The SMILES string of the molecule is CC(C)(N)CNC(=O)CC1(CN)CCCCC1. The molecule has 100 valence electrons. The highest BCUT2D eigenvalue weighted by molar-refractivity contribution is 5.76. The maximum Gasteiger partial charge on any atom is 0.220 e. The molecule has 1 aliphatic carbocycles. The van der Waals surface area contributed by atoms with Gasteiger partial charge in [-0.2, -0.15) is 0 Å².